The molecule has 1 aromatic carbocycles. The van der Waals surface area contributed by atoms with Gasteiger partial charge in [0.05, 0.1) is 6.61 Å². The summed E-state index contributed by atoms with van der Waals surface area (Å²) in [5, 5.41) is 4.01. The van der Waals surface area contributed by atoms with E-state index in [9.17, 15) is 4.79 Å². The van der Waals surface area contributed by atoms with Gasteiger partial charge in [0.2, 0.25) is 0 Å². The minimum Gasteiger partial charge on any atom is -0.494 e. The summed E-state index contributed by atoms with van der Waals surface area (Å²) in [6.45, 7) is 0.666. The van der Waals surface area contributed by atoms with Crippen LogP contribution in [0.1, 0.15) is 42.5 Å². The molecule has 1 saturated carbocycles. The first-order chi connectivity index (χ1) is 9.29. The molecule has 1 aromatic rings. The number of nitrogens with one attached hydrogen (secondary N) is 1. The third kappa shape index (κ3) is 4.53. The highest BCUT2D eigenvalue weighted by Crippen LogP contribution is 2.19. The molecule has 0 atom stereocenters. The maximum absolute atomic E-state index is 12.1. The van der Waals surface area contributed by atoms with E-state index in [1.807, 2.05) is 24.3 Å². The standard InChI is InChI=1S/C15H20BrNO2/c16-9-4-10-19-14-8-3-5-12(11-14)15(18)17-13-6-1-2-7-13/h3,5,8,11,13H,1-2,4,6-7,9-10H2,(H,17,18). The van der Waals surface area contributed by atoms with Crippen molar-refractivity contribution in [3.05, 3.63) is 29.8 Å². The Morgan fingerprint density at radius 3 is 2.89 bits per heavy atom. The van der Waals surface area contributed by atoms with Crippen LogP contribution in [0.4, 0.5) is 0 Å². The van der Waals surface area contributed by atoms with Crippen molar-refractivity contribution in [3.63, 3.8) is 0 Å². The Hall–Kier alpha value is -1.03. The normalized spacial score (nSPS) is 15.4. The molecule has 0 saturated heterocycles. The lowest BCUT2D eigenvalue weighted by Gasteiger charge is -2.12. The van der Waals surface area contributed by atoms with Gasteiger partial charge in [0, 0.05) is 16.9 Å². The molecule has 1 fully saturated rings. The summed E-state index contributed by atoms with van der Waals surface area (Å²) in [6, 6.07) is 7.76. The smallest absolute Gasteiger partial charge is 0.251 e. The number of rotatable bonds is 6. The van der Waals surface area contributed by atoms with Gasteiger partial charge in [-0.1, -0.05) is 34.8 Å². The summed E-state index contributed by atoms with van der Waals surface area (Å²) >= 11 is 3.37. The molecule has 1 aliphatic carbocycles. The largest absolute Gasteiger partial charge is 0.494 e. The Balaban J connectivity index is 1.91. The maximum Gasteiger partial charge on any atom is 0.251 e. The van der Waals surface area contributed by atoms with Gasteiger partial charge in [0.25, 0.3) is 5.91 Å². The molecule has 1 amide bonds. The number of alkyl halides is 1. The van der Waals surface area contributed by atoms with Crippen LogP contribution in [0.3, 0.4) is 0 Å². The van der Waals surface area contributed by atoms with Gasteiger partial charge in [-0.3, -0.25) is 4.79 Å². The molecule has 0 unspecified atom stereocenters. The van der Waals surface area contributed by atoms with Gasteiger partial charge >= 0.3 is 0 Å². The van der Waals surface area contributed by atoms with Gasteiger partial charge in [-0.2, -0.15) is 0 Å². The molecule has 0 spiro atoms. The number of ether oxygens (including phenoxy) is 1. The van der Waals surface area contributed by atoms with Crippen molar-refractivity contribution >= 4 is 21.8 Å². The van der Waals surface area contributed by atoms with Crippen molar-refractivity contribution < 1.29 is 9.53 Å². The monoisotopic (exact) mass is 325 g/mol. The first kappa shape index (κ1) is 14.4. The molecule has 19 heavy (non-hydrogen) atoms. The zero-order valence-corrected chi connectivity index (χ0v) is 12.6. The molecule has 1 aliphatic rings. The van der Waals surface area contributed by atoms with E-state index in [0.717, 1.165) is 30.3 Å². The van der Waals surface area contributed by atoms with E-state index in [-0.39, 0.29) is 5.91 Å². The molecule has 104 valence electrons. The highest BCUT2D eigenvalue weighted by molar-refractivity contribution is 9.09. The van der Waals surface area contributed by atoms with Crippen molar-refractivity contribution in [2.75, 3.05) is 11.9 Å². The molecule has 2 rings (SSSR count). The van der Waals surface area contributed by atoms with E-state index < -0.39 is 0 Å². The van der Waals surface area contributed by atoms with Crippen LogP contribution in [0, 0.1) is 0 Å². The predicted molar refractivity (Wildman–Crippen MR) is 80.1 cm³/mol. The van der Waals surface area contributed by atoms with Crippen LogP contribution in [-0.2, 0) is 0 Å². The van der Waals surface area contributed by atoms with Gasteiger partial charge in [-0.25, -0.2) is 0 Å². The van der Waals surface area contributed by atoms with Crippen molar-refractivity contribution in [1.82, 2.24) is 5.32 Å². The summed E-state index contributed by atoms with van der Waals surface area (Å²) in [5.41, 5.74) is 0.684. The van der Waals surface area contributed by atoms with E-state index in [1.54, 1.807) is 0 Å². The second kappa shape index (κ2) is 7.53. The van der Waals surface area contributed by atoms with Gasteiger partial charge in [-0.05, 0) is 37.5 Å². The SMILES string of the molecule is O=C(NC1CCCC1)c1cccc(OCCCBr)c1. The zero-order valence-electron chi connectivity index (χ0n) is 11.0. The maximum atomic E-state index is 12.1. The Morgan fingerprint density at radius 2 is 2.16 bits per heavy atom. The van der Waals surface area contributed by atoms with Crippen LogP contribution in [0.25, 0.3) is 0 Å². The molecule has 0 bridgehead atoms. The van der Waals surface area contributed by atoms with E-state index in [0.29, 0.717) is 18.2 Å². The first-order valence-electron chi connectivity index (χ1n) is 6.89. The van der Waals surface area contributed by atoms with E-state index in [4.69, 9.17) is 4.74 Å². The average molecular weight is 326 g/mol. The summed E-state index contributed by atoms with van der Waals surface area (Å²) in [5.74, 6) is 0.776. The number of amides is 1. The van der Waals surface area contributed by atoms with Crippen molar-refractivity contribution in [2.45, 2.75) is 38.1 Å². The van der Waals surface area contributed by atoms with Gasteiger partial charge in [0.1, 0.15) is 5.75 Å². The fraction of sp³-hybridized carbons (Fsp3) is 0.533. The van der Waals surface area contributed by atoms with Gasteiger partial charge in [0.15, 0.2) is 0 Å². The van der Waals surface area contributed by atoms with E-state index in [2.05, 4.69) is 21.2 Å². The lowest BCUT2D eigenvalue weighted by atomic mass is 10.1. The minimum atomic E-state index is 0.0119. The first-order valence-corrected chi connectivity index (χ1v) is 8.01. The zero-order chi connectivity index (χ0) is 13.5. The van der Waals surface area contributed by atoms with E-state index >= 15 is 0 Å². The summed E-state index contributed by atoms with van der Waals surface area (Å²) in [6.07, 6.45) is 5.61. The number of carbonyl (C=O) groups excluding carboxylic acids is 1. The Kier molecular flexibility index (Phi) is 5.70. The molecular formula is C15H20BrNO2. The van der Waals surface area contributed by atoms with Gasteiger partial charge in [-0.15, -0.1) is 0 Å². The van der Waals surface area contributed by atoms with Crippen molar-refractivity contribution in [2.24, 2.45) is 0 Å². The minimum absolute atomic E-state index is 0.0119. The highest BCUT2D eigenvalue weighted by Gasteiger charge is 2.18. The molecule has 3 nitrogen and oxygen atoms in total. The topological polar surface area (TPSA) is 38.3 Å². The van der Waals surface area contributed by atoms with Crippen LogP contribution in [0.5, 0.6) is 5.75 Å². The van der Waals surface area contributed by atoms with Crippen LogP contribution in [0.2, 0.25) is 0 Å². The molecule has 1 N–H and O–H groups in total. The second-order valence-corrected chi connectivity index (χ2v) is 5.67. The predicted octanol–water partition coefficient (Wildman–Crippen LogP) is 3.52. The third-order valence-electron chi connectivity index (χ3n) is 3.33. The Morgan fingerprint density at radius 1 is 1.37 bits per heavy atom. The van der Waals surface area contributed by atoms with Crippen LogP contribution in [-0.4, -0.2) is 23.9 Å². The fourth-order valence-corrected chi connectivity index (χ4v) is 2.54. The number of hydrogen-bond donors (Lipinski definition) is 1. The van der Waals surface area contributed by atoms with Crippen molar-refractivity contribution in [3.8, 4) is 5.75 Å². The molecule has 0 radical (unpaired) electrons. The number of benzene rings is 1. The van der Waals surface area contributed by atoms with E-state index in [1.165, 1.54) is 12.8 Å². The molecule has 0 aliphatic heterocycles. The third-order valence-corrected chi connectivity index (χ3v) is 3.89. The number of carbonyl (C=O) groups is 1. The summed E-state index contributed by atoms with van der Waals surface area (Å²) < 4.78 is 5.60. The molecule has 0 heterocycles. The lowest BCUT2D eigenvalue weighted by Crippen LogP contribution is -2.32. The van der Waals surface area contributed by atoms with Crippen LogP contribution in [0.15, 0.2) is 24.3 Å². The molecule has 4 heteroatoms. The Labute approximate surface area is 122 Å². The Bertz CT molecular complexity index is 416. The average Bonchev–Trinajstić information content (AvgIpc) is 2.92. The highest BCUT2D eigenvalue weighted by atomic mass is 79.9. The summed E-state index contributed by atoms with van der Waals surface area (Å²) in [7, 11) is 0. The number of hydrogen-bond acceptors (Lipinski definition) is 2. The molecular weight excluding hydrogens is 306 g/mol. The fourth-order valence-electron chi connectivity index (χ4n) is 2.31. The molecule has 0 aromatic heterocycles. The second-order valence-electron chi connectivity index (χ2n) is 4.87. The van der Waals surface area contributed by atoms with Crippen molar-refractivity contribution in [1.29, 1.82) is 0 Å². The van der Waals surface area contributed by atoms with Gasteiger partial charge < -0.3 is 10.1 Å². The van der Waals surface area contributed by atoms with Crippen LogP contribution < -0.4 is 10.1 Å². The van der Waals surface area contributed by atoms with Crippen LogP contribution >= 0.6 is 15.9 Å². The number of halogens is 1. The summed E-state index contributed by atoms with van der Waals surface area (Å²) in [4.78, 5) is 12.1. The quantitative estimate of drug-likeness (QED) is 0.642. The lowest BCUT2D eigenvalue weighted by molar-refractivity contribution is 0.0937.